The molecule has 1 aromatic heterocycles. The van der Waals surface area contributed by atoms with E-state index in [1.165, 1.54) is 11.8 Å². The van der Waals surface area contributed by atoms with E-state index in [0.717, 1.165) is 16.2 Å². The normalized spacial score (nSPS) is 17.6. The third-order valence-corrected chi connectivity index (χ3v) is 4.49. The molecule has 24 heavy (non-hydrogen) atoms. The highest BCUT2D eigenvalue weighted by Gasteiger charge is 2.29. The SMILES string of the molecule is CCOC(=O)C1=C(CSc2nc3ccccc3[nH]2)NC(=O)NC1C. The number of hydrogen-bond donors (Lipinski definition) is 3. The molecule has 7 nitrogen and oxygen atoms in total. The third-order valence-electron chi connectivity index (χ3n) is 3.59. The molecule has 1 aliphatic rings. The Labute approximate surface area is 143 Å². The van der Waals surface area contributed by atoms with Crippen molar-refractivity contribution in [2.45, 2.75) is 25.0 Å². The standard InChI is InChI=1S/C16H18N4O3S/c1-3-23-14(21)13-9(2)17-15(22)18-12(13)8-24-16-19-10-6-4-5-7-11(10)20-16/h4-7,9H,3,8H2,1-2H3,(H,19,20)(H2,17,18,22). The van der Waals surface area contributed by atoms with Crippen molar-refractivity contribution in [3.8, 4) is 0 Å². The summed E-state index contributed by atoms with van der Waals surface area (Å²) >= 11 is 1.42. The average molecular weight is 346 g/mol. The molecule has 2 amide bonds. The van der Waals surface area contributed by atoms with Crippen molar-refractivity contribution >= 4 is 34.8 Å². The number of carbonyl (C=O) groups is 2. The van der Waals surface area contributed by atoms with Gasteiger partial charge in [-0.15, -0.1) is 0 Å². The minimum Gasteiger partial charge on any atom is -0.463 e. The largest absolute Gasteiger partial charge is 0.463 e. The van der Waals surface area contributed by atoms with Gasteiger partial charge in [0.15, 0.2) is 5.16 Å². The van der Waals surface area contributed by atoms with Crippen molar-refractivity contribution in [2.75, 3.05) is 12.4 Å². The van der Waals surface area contributed by atoms with E-state index in [-0.39, 0.29) is 12.6 Å². The van der Waals surface area contributed by atoms with Crippen LogP contribution in [0.5, 0.6) is 0 Å². The van der Waals surface area contributed by atoms with E-state index in [0.29, 0.717) is 17.0 Å². The quantitative estimate of drug-likeness (QED) is 0.570. The summed E-state index contributed by atoms with van der Waals surface area (Å²) in [5.74, 6) is -0.0103. The Kier molecular flexibility index (Phi) is 4.75. The fourth-order valence-corrected chi connectivity index (χ4v) is 3.39. The number of carbonyl (C=O) groups excluding carboxylic acids is 2. The van der Waals surface area contributed by atoms with E-state index in [2.05, 4.69) is 20.6 Å². The van der Waals surface area contributed by atoms with Crippen molar-refractivity contribution in [3.63, 3.8) is 0 Å². The van der Waals surface area contributed by atoms with Gasteiger partial charge in [0, 0.05) is 11.4 Å². The molecule has 3 rings (SSSR count). The van der Waals surface area contributed by atoms with E-state index in [1.807, 2.05) is 24.3 Å². The van der Waals surface area contributed by atoms with Crippen LogP contribution in [0.15, 0.2) is 40.7 Å². The fraction of sp³-hybridized carbons (Fsp3) is 0.312. The molecule has 0 saturated heterocycles. The lowest BCUT2D eigenvalue weighted by atomic mass is 10.1. The van der Waals surface area contributed by atoms with Gasteiger partial charge in [0.05, 0.1) is 29.3 Å². The van der Waals surface area contributed by atoms with Crippen LogP contribution in [0.2, 0.25) is 0 Å². The van der Waals surface area contributed by atoms with Crippen molar-refractivity contribution in [1.82, 2.24) is 20.6 Å². The van der Waals surface area contributed by atoms with E-state index in [9.17, 15) is 9.59 Å². The monoisotopic (exact) mass is 346 g/mol. The molecule has 2 heterocycles. The van der Waals surface area contributed by atoms with Crippen LogP contribution in [0.3, 0.4) is 0 Å². The molecule has 1 aliphatic heterocycles. The molecule has 1 aromatic carbocycles. The van der Waals surface area contributed by atoms with Crippen LogP contribution in [-0.2, 0) is 9.53 Å². The van der Waals surface area contributed by atoms with Gasteiger partial charge in [-0.25, -0.2) is 14.6 Å². The Balaban J connectivity index is 1.82. The molecule has 1 atom stereocenters. The molecule has 1 unspecified atom stereocenters. The van der Waals surface area contributed by atoms with E-state index < -0.39 is 12.0 Å². The fourth-order valence-electron chi connectivity index (χ4n) is 2.53. The number of urea groups is 1. The maximum atomic E-state index is 12.2. The number of benzene rings is 1. The first-order chi connectivity index (χ1) is 11.6. The van der Waals surface area contributed by atoms with Gasteiger partial charge in [-0.3, -0.25) is 0 Å². The Hall–Kier alpha value is -2.48. The topological polar surface area (TPSA) is 96.1 Å². The van der Waals surface area contributed by atoms with Crippen LogP contribution < -0.4 is 10.6 Å². The lowest BCUT2D eigenvalue weighted by Crippen LogP contribution is -2.49. The average Bonchev–Trinajstić information content (AvgIpc) is 2.95. The lowest BCUT2D eigenvalue weighted by molar-refractivity contribution is -0.138. The molecule has 8 heteroatoms. The first-order valence-corrected chi connectivity index (χ1v) is 8.62. The van der Waals surface area contributed by atoms with Gasteiger partial charge in [-0.05, 0) is 26.0 Å². The number of ether oxygens (including phenoxy) is 1. The molecule has 0 saturated carbocycles. The Morgan fingerprint density at radius 1 is 1.38 bits per heavy atom. The van der Waals surface area contributed by atoms with Crippen molar-refractivity contribution in [1.29, 1.82) is 0 Å². The van der Waals surface area contributed by atoms with E-state index >= 15 is 0 Å². The summed E-state index contributed by atoms with van der Waals surface area (Å²) in [6.07, 6.45) is 0. The highest BCUT2D eigenvalue weighted by molar-refractivity contribution is 7.99. The molecular formula is C16H18N4O3S. The number of rotatable bonds is 5. The van der Waals surface area contributed by atoms with Crippen LogP contribution in [-0.4, -0.2) is 40.4 Å². The van der Waals surface area contributed by atoms with Gasteiger partial charge in [-0.2, -0.15) is 0 Å². The molecule has 0 aliphatic carbocycles. The lowest BCUT2D eigenvalue weighted by Gasteiger charge is -2.26. The number of esters is 1. The van der Waals surface area contributed by atoms with E-state index in [4.69, 9.17) is 4.74 Å². The van der Waals surface area contributed by atoms with Gasteiger partial charge in [-0.1, -0.05) is 23.9 Å². The summed E-state index contributed by atoms with van der Waals surface area (Å²) in [4.78, 5) is 31.6. The number of H-pyrrole nitrogens is 1. The molecule has 2 aromatic rings. The summed E-state index contributed by atoms with van der Waals surface area (Å²) in [5.41, 5.74) is 2.82. The predicted octanol–water partition coefficient (Wildman–Crippen LogP) is 2.17. The van der Waals surface area contributed by atoms with Crippen LogP contribution in [0, 0.1) is 0 Å². The number of aromatic amines is 1. The van der Waals surface area contributed by atoms with Gasteiger partial charge < -0.3 is 20.4 Å². The second-order valence-corrected chi connectivity index (χ2v) is 6.24. The molecule has 0 radical (unpaired) electrons. The highest BCUT2D eigenvalue weighted by Crippen LogP contribution is 2.24. The summed E-state index contributed by atoms with van der Waals surface area (Å²) in [5, 5.41) is 6.11. The number of thioether (sulfide) groups is 1. The number of nitrogens with one attached hydrogen (secondary N) is 3. The minimum absolute atomic E-state index is 0.285. The number of aromatic nitrogens is 2. The van der Waals surface area contributed by atoms with Gasteiger partial charge in [0.25, 0.3) is 0 Å². The number of hydrogen-bond acceptors (Lipinski definition) is 5. The number of imidazole rings is 1. The second-order valence-electron chi connectivity index (χ2n) is 5.28. The zero-order valence-corrected chi connectivity index (χ0v) is 14.2. The highest BCUT2D eigenvalue weighted by atomic mass is 32.2. The number of fused-ring (bicyclic) bond motifs is 1. The maximum Gasteiger partial charge on any atom is 0.337 e. The van der Waals surface area contributed by atoms with Crippen LogP contribution in [0.1, 0.15) is 13.8 Å². The molecule has 0 spiro atoms. The maximum absolute atomic E-state index is 12.2. The molecule has 3 N–H and O–H groups in total. The smallest absolute Gasteiger partial charge is 0.337 e. The minimum atomic E-state index is -0.419. The molecule has 0 fully saturated rings. The van der Waals surface area contributed by atoms with Crippen molar-refractivity contribution < 1.29 is 14.3 Å². The summed E-state index contributed by atoms with van der Waals surface area (Å²) in [6.45, 7) is 3.80. The first kappa shape index (κ1) is 16.4. The molecular weight excluding hydrogens is 328 g/mol. The van der Waals surface area contributed by atoms with Crippen LogP contribution >= 0.6 is 11.8 Å². The second kappa shape index (κ2) is 6.96. The predicted molar refractivity (Wildman–Crippen MR) is 91.6 cm³/mol. The third kappa shape index (κ3) is 3.38. The number of nitrogens with zero attached hydrogens (tertiary/aromatic N) is 1. The molecule has 126 valence electrons. The van der Waals surface area contributed by atoms with Gasteiger partial charge in [0.2, 0.25) is 0 Å². The Morgan fingerprint density at radius 2 is 2.17 bits per heavy atom. The van der Waals surface area contributed by atoms with Crippen molar-refractivity contribution in [3.05, 3.63) is 35.5 Å². The number of amides is 2. The summed E-state index contributed by atoms with van der Waals surface area (Å²) < 4.78 is 5.10. The van der Waals surface area contributed by atoms with Crippen LogP contribution in [0.25, 0.3) is 11.0 Å². The van der Waals surface area contributed by atoms with Gasteiger partial charge in [0.1, 0.15) is 0 Å². The van der Waals surface area contributed by atoms with Gasteiger partial charge >= 0.3 is 12.0 Å². The number of para-hydroxylation sites is 2. The zero-order chi connectivity index (χ0) is 17.1. The Bertz CT molecular complexity index is 782. The molecule has 0 bridgehead atoms. The van der Waals surface area contributed by atoms with Crippen LogP contribution in [0.4, 0.5) is 4.79 Å². The van der Waals surface area contributed by atoms with Crippen molar-refractivity contribution in [2.24, 2.45) is 0 Å². The first-order valence-electron chi connectivity index (χ1n) is 7.63. The summed E-state index contributed by atoms with van der Waals surface area (Å²) in [7, 11) is 0. The van der Waals surface area contributed by atoms with E-state index in [1.54, 1.807) is 13.8 Å². The zero-order valence-electron chi connectivity index (χ0n) is 13.4. The Morgan fingerprint density at radius 3 is 2.92 bits per heavy atom. The summed E-state index contributed by atoms with van der Waals surface area (Å²) in [6, 6.07) is 7.01.